The first kappa shape index (κ1) is 17.3. The molecule has 1 fully saturated rings. The van der Waals surface area contributed by atoms with Gasteiger partial charge in [0.25, 0.3) is 0 Å². The Bertz CT molecular complexity index is 871. The Hall–Kier alpha value is -1.11. The first-order valence-corrected chi connectivity index (χ1v) is 9.53. The molecule has 6 heteroatoms. The maximum atomic E-state index is 15.4. The SMILES string of the molecule is CC1(C)OB(C(F)=C2CCCc3c2[nH]c2ccc(Br)cc32)OC1(C)C. The number of hydrogen-bond acceptors (Lipinski definition) is 2. The molecule has 2 aromatic rings. The third-order valence-corrected chi connectivity index (χ3v) is 6.27. The molecule has 1 aliphatic heterocycles. The van der Waals surface area contributed by atoms with Crippen LogP contribution in [0.25, 0.3) is 16.5 Å². The summed E-state index contributed by atoms with van der Waals surface area (Å²) in [6, 6.07) is 6.13. The third-order valence-electron chi connectivity index (χ3n) is 5.77. The fourth-order valence-corrected chi connectivity index (χ4v) is 3.99. The highest BCUT2D eigenvalue weighted by atomic mass is 79.9. The van der Waals surface area contributed by atoms with Crippen molar-refractivity contribution in [2.75, 3.05) is 0 Å². The van der Waals surface area contributed by atoms with E-state index in [1.165, 1.54) is 5.56 Å². The minimum absolute atomic E-state index is 0.301. The van der Waals surface area contributed by atoms with Gasteiger partial charge >= 0.3 is 7.12 Å². The molecule has 3 nitrogen and oxygen atoms in total. The van der Waals surface area contributed by atoms with Crippen LogP contribution in [0, 0.1) is 0 Å². The summed E-state index contributed by atoms with van der Waals surface area (Å²) in [5.41, 5.74) is 2.42. The van der Waals surface area contributed by atoms with Crippen molar-refractivity contribution in [3.8, 4) is 0 Å². The summed E-state index contributed by atoms with van der Waals surface area (Å²) in [6.45, 7) is 7.77. The van der Waals surface area contributed by atoms with Crippen molar-refractivity contribution < 1.29 is 13.7 Å². The van der Waals surface area contributed by atoms with E-state index in [4.69, 9.17) is 9.31 Å². The number of hydrogen-bond donors (Lipinski definition) is 1. The minimum Gasteiger partial charge on any atom is -0.398 e. The zero-order valence-electron chi connectivity index (χ0n) is 15.0. The second kappa shape index (κ2) is 5.70. The maximum Gasteiger partial charge on any atom is 0.525 e. The lowest BCUT2D eigenvalue weighted by Crippen LogP contribution is -2.41. The van der Waals surface area contributed by atoms with Gasteiger partial charge in [-0.1, -0.05) is 15.9 Å². The van der Waals surface area contributed by atoms with Crippen LogP contribution < -0.4 is 0 Å². The molecule has 0 bridgehead atoms. The van der Waals surface area contributed by atoms with Gasteiger partial charge in [-0.2, -0.15) is 0 Å². The van der Waals surface area contributed by atoms with Gasteiger partial charge in [0.2, 0.25) is 0 Å². The van der Waals surface area contributed by atoms with E-state index in [9.17, 15) is 0 Å². The fourth-order valence-electron chi connectivity index (χ4n) is 3.63. The van der Waals surface area contributed by atoms with Crippen molar-refractivity contribution in [1.82, 2.24) is 4.98 Å². The molecule has 1 aromatic heterocycles. The summed E-state index contributed by atoms with van der Waals surface area (Å²) in [5, 5.41) is 1.16. The number of aromatic amines is 1. The number of fused-ring (bicyclic) bond motifs is 3. The lowest BCUT2D eigenvalue weighted by molar-refractivity contribution is 0.00578. The highest BCUT2D eigenvalue weighted by Gasteiger charge is 2.53. The Kier molecular flexibility index (Phi) is 3.95. The van der Waals surface area contributed by atoms with Gasteiger partial charge in [-0.15, -0.1) is 0 Å². The van der Waals surface area contributed by atoms with Crippen molar-refractivity contribution in [2.45, 2.75) is 58.2 Å². The maximum absolute atomic E-state index is 15.4. The summed E-state index contributed by atoms with van der Waals surface area (Å²) in [7, 11) is -0.941. The van der Waals surface area contributed by atoms with Crippen molar-refractivity contribution in [1.29, 1.82) is 0 Å². The first-order chi connectivity index (χ1) is 11.7. The Morgan fingerprint density at radius 2 is 1.84 bits per heavy atom. The molecule has 132 valence electrons. The van der Waals surface area contributed by atoms with Gasteiger partial charge in [0, 0.05) is 26.6 Å². The highest BCUT2D eigenvalue weighted by Crippen LogP contribution is 2.43. The monoisotopic (exact) mass is 405 g/mol. The van der Waals surface area contributed by atoms with Gasteiger partial charge < -0.3 is 14.3 Å². The average Bonchev–Trinajstić information content (AvgIpc) is 3.00. The Balaban J connectivity index is 1.80. The van der Waals surface area contributed by atoms with Crippen LogP contribution in [0.4, 0.5) is 4.39 Å². The predicted molar refractivity (Wildman–Crippen MR) is 103 cm³/mol. The summed E-state index contributed by atoms with van der Waals surface area (Å²) >= 11 is 3.53. The summed E-state index contributed by atoms with van der Waals surface area (Å²) in [4.78, 5) is 3.41. The van der Waals surface area contributed by atoms with Gasteiger partial charge in [-0.3, -0.25) is 0 Å². The zero-order valence-corrected chi connectivity index (χ0v) is 16.6. The lowest BCUT2D eigenvalue weighted by atomic mass is 9.79. The normalized spacial score (nSPS) is 23.8. The molecular formula is C19H22BBrFNO2. The molecule has 2 aliphatic rings. The Labute approximate surface area is 156 Å². The van der Waals surface area contributed by atoms with Crippen molar-refractivity contribution in [2.24, 2.45) is 0 Å². The van der Waals surface area contributed by atoms with E-state index in [1.54, 1.807) is 0 Å². The van der Waals surface area contributed by atoms with E-state index in [2.05, 4.69) is 27.0 Å². The summed E-state index contributed by atoms with van der Waals surface area (Å²) in [5.74, 6) is 0. The Morgan fingerprint density at radius 3 is 2.52 bits per heavy atom. The van der Waals surface area contributed by atoms with Crippen LogP contribution in [0.1, 0.15) is 51.8 Å². The number of benzene rings is 1. The van der Waals surface area contributed by atoms with Crippen molar-refractivity contribution in [3.05, 3.63) is 39.7 Å². The van der Waals surface area contributed by atoms with Crippen LogP contribution in [-0.2, 0) is 15.7 Å². The van der Waals surface area contributed by atoms with E-state index in [0.29, 0.717) is 12.0 Å². The van der Waals surface area contributed by atoms with Crippen LogP contribution in [0.3, 0.4) is 0 Å². The van der Waals surface area contributed by atoms with Gasteiger partial charge in [-0.05, 0) is 70.7 Å². The second-order valence-corrected chi connectivity index (χ2v) is 8.85. The topological polar surface area (TPSA) is 34.2 Å². The number of rotatable bonds is 1. The van der Waals surface area contributed by atoms with Crippen LogP contribution in [0.2, 0.25) is 0 Å². The molecule has 0 radical (unpaired) electrons. The second-order valence-electron chi connectivity index (χ2n) is 7.94. The van der Waals surface area contributed by atoms with E-state index in [1.807, 2.05) is 39.8 Å². The zero-order chi connectivity index (χ0) is 18.0. The van der Waals surface area contributed by atoms with Crippen LogP contribution >= 0.6 is 15.9 Å². The van der Waals surface area contributed by atoms with Gasteiger partial charge in [0.05, 0.1) is 11.2 Å². The molecule has 4 rings (SSSR count). The molecule has 1 aliphatic carbocycles. The van der Waals surface area contributed by atoms with Crippen LogP contribution in [0.5, 0.6) is 0 Å². The number of halogens is 2. The van der Waals surface area contributed by atoms with Crippen LogP contribution in [-0.4, -0.2) is 23.3 Å². The van der Waals surface area contributed by atoms with E-state index in [0.717, 1.165) is 33.9 Å². The molecule has 0 amide bonds. The number of aromatic nitrogens is 1. The van der Waals surface area contributed by atoms with E-state index < -0.39 is 18.3 Å². The summed E-state index contributed by atoms with van der Waals surface area (Å²) < 4.78 is 28.2. The first-order valence-electron chi connectivity index (χ1n) is 8.74. The molecule has 0 spiro atoms. The van der Waals surface area contributed by atoms with Gasteiger partial charge in [-0.25, -0.2) is 4.39 Å². The van der Waals surface area contributed by atoms with Gasteiger partial charge in [0.15, 0.2) is 0 Å². The molecule has 2 heterocycles. The predicted octanol–water partition coefficient (Wildman–Crippen LogP) is 5.58. The number of nitrogens with one attached hydrogen (secondary N) is 1. The molecule has 0 atom stereocenters. The molecule has 1 saturated heterocycles. The molecule has 25 heavy (non-hydrogen) atoms. The standard InChI is InChI=1S/C19H22BBrFNO2/c1-18(2)19(3,4)25-20(24-18)17(22)13-7-5-6-12-14-10-11(21)8-9-15(14)23-16(12)13/h8-10,23H,5-7H2,1-4H3. The average molecular weight is 406 g/mol. The van der Waals surface area contributed by atoms with Gasteiger partial charge in [0.1, 0.15) is 5.73 Å². The Morgan fingerprint density at radius 1 is 1.16 bits per heavy atom. The third kappa shape index (κ3) is 2.70. The fraction of sp³-hybridized carbons (Fsp3) is 0.474. The summed E-state index contributed by atoms with van der Waals surface area (Å²) in [6.07, 6.45) is 2.57. The quantitative estimate of drug-likeness (QED) is 0.628. The van der Waals surface area contributed by atoms with Crippen molar-refractivity contribution in [3.63, 3.8) is 0 Å². The van der Waals surface area contributed by atoms with E-state index >= 15 is 4.39 Å². The lowest BCUT2D eigenvalue weighted by Gasteiger charge is -2.32. The molecule has 0 unspecified atom stereocenters. The molecular weight excluding hydrogens is 384 g/mol. The molecule has 1 N–H and O–H groups in total. The number of aryl methyl sites for hydroxylation is 1. The largest absolute Gasteiger partial charge is 0.525 e. The van der Waals surface area contributed by atoms with E-state index in [-0.39, 0.29) is 5.73 Å². The molecule has 1 aromatic carbocycles. The van der Waals surface area contributed by atoms with Crippen LogP contribution in [0.15, 0.2) is 28.4 Å². The number of allylic oxidation sites excluding steroid dienone is 1. The number of H-pyrrole nitrogens is 1. The smallest absolute Gasteiger partial charge is 0.398 e. The molecule has 0 saturated carbocycles. The van der Waals surface area contributed by atoms with Crippen molar-refractivity contribution >= 4 is 39.5 Å². The highest BCUT2D eigenvalue weighted by molar-refractivity contribution is 9.10. The minimum atomic E-state index is -0.941.